The molecule has 0 saturated heterocycles. The number of carbonyl (C=O) groups excluding carboxylic acids is 2. The van der Waals surface area contributed by atoms with Crippen LogP contribution in [0.2, 0.25) is 0 Å². The highest BCUT2D eigenvalue weighted by Gasteiger charge is 2.18. The number of nitrogens with zero attached hydrogens (tertiary/aromatic N) is 4. The molecule has 5 aromatic rings. The zero-order valence-corrected chi connectivity index (χ0v) is 17.8. The Kier molecular flexibility index (Phi) is 5.08. The van der Waals surface area contributed by atoms with Crippen molar-refractivity contribution in [1.82, 2.24) is 19.4 Å². The van der Waals surface area contributed by atoms with Crippen LogP contribution in [0.25, 0.3) is 27.3 Å². The van der Waals surface area contributed by atoms with Crippen molar-refractivity contribution < 1.29 is 14.3 Å². The van der Waals surface area contributed by atoms with Crippen LogP contribution in [0.4, 0.5) is 5.69 Å². The first kappa shape index (κ1) is 19.8. The SMILES string of the molecule is CCOC(=O)c1csc2nc(-c3ccccc3NC(=O)c3cnc4ccccc4n3)cn12. The second-order valence-electron chi connectivity index (χ2n) is 6.86. The Labute approximate surface area is 186 Å². The molecular formula is C23H17N5O3S. The van der Waals surface area contributed by atoms with E-state index in [9.17, 15) is 9.59 Å². The van der Waals surface area contributed by atoms with E-state index in [0.717, 1.165) is 11.1 Å². The van der Waals surface area contributed by atoms with Crippen molar-refractivity contribution in [3.63, 3.8) is 0 Å². The van der Waals surface area contributed by atoms with Gasteiger partial charge in [-0.2, -0.15) is 0 Å². The predicted octanol–water partition coefficient (Wildman–Crippen LogP) is 4.44. The van der Waals surface area contributed by atoms with E-state index < -0.39 is 5.97 Å². The molecule has 0 fully saturated rings. The number of hydrogen-bond donors (Lipinski definition) is 1. The molecule has 32 heavy (non-hydrogen) atoms. The van der Waals surface area contributed by atoms with Crippen molar-refractivity contribution >= 4 is 44.9 Å². The summed E-state index contributed by atoms with van der Waals surface area (Å²) in [6.07, 6.45) is 3.22. The molecule has 8 nitrogen and oxygen atoms in total. The van der Waals surface area contributed by atoms with Gasteiger partial charge >= 0.3 is 5.97 Å². The minimum Gasteiger partial charge on any atom is -0.461 e. The van der Waals surface area contributed by atoms with Gasteiger partial charge in [-0.1, -0.05) is 30.3 Å². The van der Waals surface area contributed by atoms with Gasteiger partial charge in [-0.25, -0.2) is 14.8 Å². The van der Waals surface area contributed by atoms with Gasteiger partial charge in [-0.05, 0) is 25.1 Å². The van der Waals surface area contributed by atoms with E-state index in [2.05, 4.69) is 20.3 Å². The van der Waals surface area contributed by atoms with E-state index in [-0.39, 0.29) is 11.6 Å². The van der Waals surface area contributed by atoms with Gasteiger partial charge in [-0.15, -0.1) is 11.3 Å². The van der Waals surface area contributed by atoms with Crippen molar-refractivity contribution in [2.45, 2.75) is 6.92 Å². The normalized spacial score (nSPS) is 11.0. The maximum absolute atomic E-state index is 12.9. The third-order valence-corrected chi connectivity index (χ3v) is 5.67. The number of carbonyl (C=O) groups is 2. The number of amides is 1. The summed E-state index contributed by atoms with van der Waals surface area (Å²) in [5.41, 5.74) is 3.93. The number of benzene rings is 2. The van der Waals surface area contributed by atoms with E-state index in [0.29, 0.717) is 34.2 Å². The van der Waals surface area contributed by atoms with E-state index in [1.54, 1.807) is 29.0 Å². The highest BCUT2D eigenvalue weighted by atomic mass is 32.1. The zero-order valence-electron chi connectivity index (χ0n) is 17.0. The van der Waals surface area contributed by atoms with Gasteiger partial charge in [0.15, 0.2) is 4.96 Å². The van der Waals surface area contributed by atoms with Gasteiger partial charge in [0.2, 0.25) is 0 Å². The number of fused-ring (bicyclic) bond motifs is 2. The first-order valence-electron chi connectivity index (χ1n) is 9.90. The summed E-state index contributed by atoms with van der Waals surface area (Å²) in [6.45, 7) is 2.06. The lowest BCUT2D eigenvalue weighted by molar-refractivity contribution is 0.0518. The molecule has 1 amide bonds. The summed E-state index contributed by atoms with van der Waals surface area (Å²) in [7, 11) is 0. The Bertz CT molecular complexity index is 1470. The van der Waals surface area contributed by atoms with Crippen molar-refractivity contribution in [3.05, 3.63) is 77.7 Å². The van der Waals surface area contributed by atoms with E-state index >= 15 is 0 Å². The number of aromatic nitrogens is 4. The van der Waals surface area contributed by atoms with Crippen LogP contribution in [0, 0.1) is 0 Å². The van der Waals surface area contributed by atoms with Gasteiger partial charge < -0.3 is 10.1 Å². The molecule has 2 aromatic carbocycles. The van der Waals surface area contributed by atoms with Crippen LogP contribution in [-0.2, 0) is 4.74 Å². The van der Waals surface area contributed by atoms with Crippen LogP contribution in [0.15, 0.2) is 66.3 Å². The minimum absolute atomic E-state index is 0.217. The fourth-order valence-electron chi connectivity index (χ4n) is 3.33. The smallest absolute Gasteiger partial charge is 0.356 e. The second kappa shape index (κ2) is 8.20. The average Bonchev–Trinajstić information content (AvgIpc) is 3.40. The number of anilines is 1. The molecule has 0 aliphatic heterocycles. The molecule has 158 valence electrons. The average molecular weight is 443 g/mol. The van der Waals surface area contributed by atoms with Gasteiger partial charge in [0.1, 0.15) is 11.4 Å². The molecule has 0 radical (unpaired) electrons. The monoisotopic (exact) mass is 443 g/mol. The molecule has 3 heterocycles. The fraction of sp³-hybridized carbons (Fsp3) is 0.0870. The minimum atomic E-state index is -0.404. The largest absolute Gasteiger partial charge is 0.461 e. The maximum Gasteiger partial charge on any atom is 0.356 e. The Balaban J connectivity index is 1.47. The Morgan fingerprint density at radius 1 is 1.06 bits per heavy atom. The summed E-state index contributed by atoms with van der Waals surface area (Å²) in [6, 6.07) is 14.7. The van der Waals surface area contributed by atoms with Crippen molar-refractivity contribution in [1.29, 1.82) is 0 Å². The predicted molar refractivity (Wildman–Crippen MR) is 122 cm³/mol. The van der Waals surface area contributed by atoms with Gasteiger partial charge in [-0.3, -0.25) is 14.2 Å². The van der Waals surface area contributed by atoms with Gasteiger partial charge in [0.25, 0.3) is 5.91 Å². The summed E-state index contributed by atoms with van der Waals surface area (Å²) in [4.78, 5) is 39.1. The quantitative estimate of drug-likeness (QED) is 0.404. The number of imidazole rings is 1. The first-order chi connectivity index (χ1) is 15.6. The summed E-state index contributed by atoms with van der Waals surface area (Å²) in [5, 5.41) is 4.62. The van der Waals surface area contributed by atoms with Crippen molar-refractivity contribution in [3.8, 4) is 11.3 Å². The third-order valence-electron chi connectivity index (χ3n) is 4.83. The van der Waals surface area contributed by atoms with E-state index in [1.807, 2.05) is 42.5 Å². The summed E-state index contributed by atoms with van der Waals surface area (Å²) >= 11 is 1.35. The lowest BCUT2D eigenvalue weighted by Crippen LogP contribution is -2.14. The molecule has 1 N–H and O–H groups in total. The molecule has 0 aliphatic carbocycles. The molecule has 0 bridgehead atoms. The molecule has 0 aliphatic rings. The van der Waals surface area contributed by atoms with Crippen molar-refractivity contribution in [2.75, 3.05) is 11.9 Å². The number of ether oxygens (including phenoxy) is 1. The summed E-state index contributed by atoms with van der Waals surface area (Å²) in [5.74, 6) is -0.775. The molecule has 0 unspecified atom stereocenters. The van der Waals surface area contributed by atoms with Crippen LogP contribution in [-0.4, -0.2) is 37.8 Å². The molecule has 0 spiro atoms. The highest BCUT2D eigenvalue weighted by Crippen LogP contribution is 2.30. The lowest BCUT2D eigenvalue weighted by atomic mass is 10.1. The molecular weight excluding hydrogens is 426 g/mol. The number of rotatable bonds is 5. The standard InChI is InChI=1S/C23H17N5O3S/c1-2-31-22(30)20-13-32-23-27-19(12-28(20)23)14-7-3-4-8-15(14)26-21(29)18-11-24-16-9-5-6-10-17(16)25-18/h3-13H,2H2,1H3,(H,26,29). The molecule has 3 aromatic heterocycles. The van der Waals surface area contributed by atoms with Crippen LogP contribution in [0.5, 0.6) is 0 Å². The number of hydrogen-bond acceptors (Lipinski definition) is 7. The molecule has 0 saturated carbocycles. The second-order valence-corrected chi connectivity index (χ2v) is 7.70. The molecule has 5 rings (SSSR count). The zero-order chi connectivity index (χ0) is 22.1. The van der Waals surface area contributed by atoms with E-state index in [1.165, 1.54) is 17.5 Å². The van der Waals surface area contributed by atoms with Crippen LogP contribution >= 0.6 is 11.3 Å². The van der Waals surface area contributed by atoms with Gasteiger partial charge in [0, 0.05) is 17.1 Å². The maximum atomic E-state index is 12.9. The first-order valence-corrected chi connectivity index (χ1v) is 10.8. The molecule has 0 atom stereocenters. The number of thiazole rings is 1. The Morgan fingerprint density at radius 2 is 1.84 bits per heavy atom. The van der Waals surface area contributed by atoms with Crippen molar-refractivity contribution in [2.24, 2.45) is 0 Å². The number of nitrogens with one attached hydrogen (secondary N) is 1. The fourth-order valence-corrected chi connectivity index (χ4v) is 4.18. The van der Waals surface area contributed by atoms with Crippen LogP contribution in [0.1, 0.15) is 27.9 Å². The lowest BCUT2D eigenvalue weighted by Gasteiger charge is -2.09. The van der Waals surface area contributed by atoms with Gasteiger partial charge in [0.05, 0.1) is 35.2 Å². The highest BCUT2D eigenvalue weighted by molar-refractivity contribution is 7.15. The van der Waals surface area contributed by atoms with Crippen LogP contribution < -0.4 is 5.32 Å². The van der Waals surface area contributed by atoms with Crippen LogP contribution in [0.3, 0.4) is 0 Å². The number of esters is 1. The van der Waals surface area contributed by atoms with E-state index in [4.69, 9.17) is 4.74 Å². The third kappa shape index (κ3) is 3.58. The molecule has 9 heteroatoms. The topological polar surface area (TPSA) is 98.5 Å². The Morgan fingerprint density at radius 3 is 2.69 bits per heavy atom. The Hall–Kier alpha value is -4.11. The summed E-state index contributed by atoms with van der Waals surface area (Å²) < 4.78 is 6.81. The number of para-hydroxylation sites is 3.